The lowest BCUT2D eigenvalue weighted by atomic mass is 10.0. The summed E-state index contributed by atoms with van der Waals surface area (Å²) in [5, 5.41) is 12.0. The maximum absolute atomic E-state index is 12.8. The number of hydrogen-bond donors (Lipinski definition) is 2. The van der Waals surface area contributed by atoms with Crippen molar-refractivity contribution >= 4 is 28.8 Å². The highest BCUT2D eigenvalue weighted by Crippen LogP contribution is 2.27. The number of carboxylic acids is 1. The van der Waals surface area contributed by atoms with Gasteiger partial charge in [0, 0.05) is 19.2 Å². The molecule has 0 spiro atoms. The Balaban J connectivity index is 1.87. The highest BCUT2D eigenvalue weighted by Gasteiger charge is 2.18. The second-order valence-corrected chi connectivity index (χ2v) is 5.83. The molecule has 2 aromatic rings. The fourth-order valence-corrected chi connectivity index (χ4v) is 2.87. The SMILES string of the molecule is O=C(O)/C=C(\C(=O)Nc1ccccc1N1CCOCC1)c1ccccc1. The van der Waals surface area contributed by atoms with Gasteiger partial charge < -0.3 is 20.1 Å². The van der Waals surface area contributed by atoms with Gasteiger partial charge in [0.1, 0.15) is 0 Å². The van der Waals surface area contributed by atoms with Crippen molar-refractivity contribution in [2.75, 3.05) is 36.5 Å². The van der Waals surface area contributed by atoms with Crippen LogP contribution in [0.15, 0.2) is 60.7 Å². The van der Waals surface area contributed by atoms with Gasteiger partial charge in [-0.1, -0.05) is 42.5 Å². The van der Waals surface area contributed by atoms with E-state index in [4.69, 9.17) is 9.84 Å². The predicted molar refractivity (Wildman–Crippen MR) is 100 cm³/mol. The van der Waals surface area contributed by atoms with Crippen molar-refractivity contribution in [2.24, 2.45) is 0 Å². The van der Waals surface area contributed by atoms with Gasteiger partial charge in [0.15, 0.2) is 0 Å². The summed E-state index contributed by atoms with van der Waals surface area (Å²) in [4.78, 5) is 26.1. The molecular weight excluding hydrogens is 332 g/mol. The zero-order valence-corrected chi connectivity index (χ0v) is 14.2. The summed E-state index contributed by atoms with van der Waals surface area (Å²) in [6.45, 7) is 2.75. The summed E-state index contributed by atoms with van der Waals surface area (Å²) in [7, 11) is 0. The van der Waals surface area contributed by atoms with E-state index in [1.54, 1.807) is 24.3 Å². The van der Waals surface area contributed by atoms with Gasteiger partial charge in [0.05, 0.1) is 30.2 Å². The van der Waals surface area contributed by atoms with Gasteiger partial charge >= 0.3 is 5.97 Å². The van der Waals surface area contributed by atoms with Gasteiger partial charge in [-0.25, -0.2) is 4.79 Å². The molecule has 2 N–H and O–H groups in total. The number of carbonyl (C=O) groups is 2. The molecule has 0 radical (unpaired) electrons. The molecule has 1 aliphatic rings. The van der Waals surface area contributed by atoms with Gasteiger partial charge in [0.25, 0.3) is 5.91 Å². The number of nitrogens with zero attached hydrogens (tertiary/aromatic N) is 1. The van der Waals surface area contributed by atoms with Crippen LogP contribution in [-0.2, 0) is 14.3 Å². The zero-order chi connectivity index (χ0) is 18.4. The standard InChI is InChI=1S/C20H20N2O4/c23-19(24)14-16(15-6-2-1-3-7-15)20(25)21-17-8-4-5-9-18(17)22-10-12-26-13-11-22/h1-9,14H,10-13H2,(H,21,25)(H,23,24)/b16-14-. The first kappa shape index (κ1) is 17.7. The van der Waals surface area contributed by atoms with E-state index in [-0.39, 0.29) is 5.57 Å². The first-order chi connectivity index (χ1) is 12.6. The number of benzene rings is 2. The fourth-order valence-electron chi connectivity index (χ4n) is 2.87. The monoisotopic (exact) mass is 352 g/mol. The number of carbonyl (C=O) groups excluding carboxylic acids is 1. The number of anilines is 2. The number of para-hydroxylation sites is 2. The van der Waals surface area contributed by atoms with Crippen molar-refractivity contribution in [3.63, 3.8) is 0 Å². The minimum absolute atomic E-state index is 0.106. The molecule has 0 bridgehead atoms. The van der Waals surface area contributed by atoms with E-state index in [2.05, 4.69) is 10.2 Å². The Bertz CT molecular complexity index is 812. The fraction of sp³-hybridized carbons (Fsp3) is 0.200. The molecule has 1 amide bonds. The normalized spacial score (nSPS) is 14.8. The summed E-state index contributed by atoms with van der Waals surface area (Å²) in [5.74, 6) is -1.63. The minimum Gasteiger partial charge on any atom is -0.478 e. The van der Waals surface area contributed by atoms with Crippen LogP contribution in [0.2, 0.25) is 0 Å². The van der Waals surface area contributed by atoms with Crippen LogP contribution in [0.1, 0.15) is 5.56 Å². The van der Waals surface area contributed by atoms with Crippen LogP contribution in [0.25, 0.3) is 5.57 Å². The molecule has 6 nitrogen and oxygen atoms in total. The third-order valence-corrected chi connectivity index (χ3v) is 4.10. The Morgan fingerprint density at radius 2 is 1.65 bits per heavy atom. The quantitative estimate of drug-likeness (QED) is 0.809. The van der Waals surface area contributed by atoms with Crippen LogP contribution in [0.5, 0.6) is 0 Å². The molecule has 134 valence electrons. The predicted octanol–water partition coefficient (Wildman–Crippen LogP) is 2.63. The van der Waals surface area contributed by atoms with Crippen molar-refractivity contribution < 1.29 is 19.4 Å². The lowest BCUT2D eigenvalue weighted by Gasteiger charge is -2.30. The molecule has 1 fully saturated rings. The topological polar surface area (TPSA) is 78.9 Å². The molecule has 2 aromatic carbocycles. The number of aliphatic carboxylic acids is 1. The van der Waals surface area contributed by atoms with E-state index in [9.17, 15) is 9.59 Å². The second-order valence-electron chi connectivity index (χ2n) is 5.83. The maximum Gasteiger partial charge on any atom is 0.329 e. The molecule has 0 unspecified atom stereocenters. The lowest BCUT2D eigenvalue weighted by molar-refractivity contribution is -0.131. The molecular formula is C20H20N2O4. The highest BCUT2D eigenvalue weighted by atomic mass is 16.5. The third-order valence-electron chi connectivity index (χ3n) is 4.10. The molecule has 1 aliphatic heterocycles. The number of carboxylic acid groups (broad SMARTS) is 1. The Hall–Kier alpha value is -3.12. The molecule has 1 heterocycles. The van der Waals surface area contributed by atoms with E-state index in [0.717, 1.165) is 24.9 Å². The molecule has 0 aliphatic carbocycles. The van der Waals surface area contributed by atoms with Gasteiger partial charge in [-0.15, -0.1) is 0 Å². The largest absolute Gasteiger partial charge is 0.478 e. The number of rotatable bonds is 5. The first-order valence-electron chi connectivity index (χ1n) is 8.38. The number of ether oxygens (including phenoxy) is 1. The smallest absolute Gasteiger partial charge is 0.329 e. The van der Waals surface area contributed by atoms with Crippen LogP contribution < -0.4 is 10.2 Å². The van der Waals surface area contributed by atoms with Crippen molar-refractivity contribution in [1.82, 2.24) is 0 Å². The van der Waals surface area contributed by atoms with Crippen LogP contribution in [0.4, 0.5) is 11.4 Å². The summed E-state index contributed by atoms with van der Waals surface area (Å²) in [6, 6.07) is 16.3. The van der Waals surface area contributed by atoms with Gasteiger partial charge in [-0.05, 0) is 17.7 Å². The van der Waals surface area contributed by atoms with E-state index in [1.165, 1.54) is 0 Å². The first-order valence-corrected chi connectivity index (χ1v) is 8.38. The second kappa shape index (κ2) is 8.31. The number of hydrogen-bond acceptors (Lipinski definition) is 4. The van der Waals surface area contributed by atoms with E-state index in [0.29, 0.717) is 24.5 Å². The minimum atomic E-state index is -1.17. The van der Waals surface area contributed by atoms with Crippen molar-refractivity contribution in [3.05, 3.63) is 66.2 Å². The highest BCUT2D eigenvalue weighted by molar-refractivity contribution is 6.28. The van der Waals surface area contributed by atoms with E-state index >= 15 is 0 Å². The molecule has 6 heteroatoms. The summed E-state index contributed by atoms with van der Waals surface area (Å²) in [5.41, 5.74) is 2.20. The Morgan fingerprint density at radius 3 is 2.35 bits per heavy atom. The molecule has 0 aromatic heterocycles. The summed E-state index contributed by atoms with van der Waals surface area (Å²) < 4.78 is 5.38. The Labute approximate surface area is 151 Å². The third kappa shape index (κ3) is 4.29. The molecule has 0 atom stereocenters. The molecule has 3 rings (SSSR count). The van der Waals surface area contributed by atoms with E-state index in [1.807, 2.05) is 30.3 Å². The van der Waals surface area contributed by atoms with Gasteiger partial charge in [0.2, 0.25) is 0 Å². The van der Waals surface area contributed by atoms with Gasteiger partial charge in [-0.2, -0.15) is 0 Å². The van der Waals surface area contributed by atoms with Crippen molar-refractivity contribution in [2.45, 2.75) is 0 Å². The lowest BCUT2D eigenvalue weighted by Crippen LogP contribution is -2.36. The number of amides is 1. The number of morpholine rings is 1. The van der Waals surface area contributed by atoms with Gasteiger partial charge in [-0.3, -0.25) is 4.79 Å². The van der Waals surface area contributed by atoms with Crippen molar-refractivity contribution in [1.29, 1.82) is 0 Å². The zero-order valence-electron chi connectivity index (χ0n) is 14.2. The Kier molecular flexibility index (Phi) is 5.66. The van der Waals surface area contributed by atoms with Crippen LogP contribution in [-0.4, -0.2) is 43.3 Å². The summed E-state index contributed by atoms with van der Waals surface area (Å²) in [6.07, 6.45) is 0.933. The van der Waals surface area contributed by atoms with Crippen LogP contribution in [0.3, 0.4) is 0 Å². The number of nitrogens with one attached hydrogen (secondary N) is 1. The van der Waals surface area contributed by atoms with Crippen LogP contribution >= 0.6 is 0 Å². The average molecular weight is 352 g/mol. The average Bonchev–Trinajstić information content (AvgIpc) is 2.68. The maximum atomic E-state index is 12.8. The molecule has 1 saturated heterocycles. The van der Waals surface area contributed by atoms with Crippen LogP contribution in [0, 0.1) is 0 Å². The molecule has 0 saturated carbocycles. The Morgan fingerprint density at radius 1 is 1.00 bits per heavy atom. The molecule has 26 heavy (non-hydrogen) atoms. The summed E-state index contributed by atoms with van der Waals surface area (Å²) >= 11 is 0. The van der Waals surface area contributed by atoms with Crippen molar-refractivity contribution in [3.8, 4) is 0 Å². The van der Waals surface area contributed by atoms with E-state index < -0.39 is 11.9 Å².